The molecule has 0 rings (SSSR count). The van der Waals surface area contributed by atoms with Crippen molar-refractivity contribution in [3.8, 4) is 0 Å². The summed E-state index contributed by atoms with van der Waals surface area (Å²) in [7, 11) is -4.67. The molecule has 6 nitrogen and oxygen atoms in total. The van der Waals surface area contributed by atoms with Crippen molar-refractivity contribution in [1.82, 2.24) is 0 Å². The summed E-state index contributed by atoms with van der Waals surface area (Å²) >= 11 is 0. The molecule has 0 aliphatic heterocycles. The molecule has 0 aromatic rings. The molecular formula is C2H8N2O4S. The van der Waals surface area contributed by atoms with Gasteiger partial charge in [0.05, 0.1) is 0 Å². The topological polar surface area (TPSA) is 127 Å². The molecule has 0 saturated carbocycles. The van der Waals surface area contributed by atoms with E-state index in [0.29, 0.717) is 0 Å². The predicted molar refractivity (Wildman–Crippen MR) is 31.7 cm³/mol. The first kappa shape index (κ1) is 11.1. The van der Waals surface area contributed by atoms with Gasteiger partial charge in [0.2, 0.25) is 0 Å². The van der Waals surface area contributed by atoms with E-state index in [9.17, 15) is 0 Å². The molecule has 56 valence electrons. The van der Waals surface area contributed by atoms with E-state index in [1.165, 1.54) is 12.4 Å². The lowest BCUT2D eigenvalue weighted by atomic mass is 11.0. The molecule has 0 aliphatic rings. The molecule has 0 amide bonds. The highest BCUT2D eigenvalue weighted by molar-refractivity contribution is 7.79. The molecule has 7 heteroatoms. The average Bonchev–Trinajstić information content (AvgIpc) is 1.61. The maximum Gasteiger partial charge on any atom is 0.394 e. The molecule has 0 fully saturated rings. The van der Waals surface area contributed by atoms with Crippen LogP contribution in [0.1, 0.15) is 0 Å². The molecule has 0 aromatic heterocycles. The van der Waals surface area contributed by atoms with Crippen LogP contribution in [0.4, 0.5) is 0 Å². The van der Waals surface area contributed by atoms with Gasteiger partial charge in [-0.05, 0) is 0 Å². The molecule has 0 aliphatic carbocycles. The molecule has 0 radical (unpaired) electrons. The van der Waals surface area contributed by atoms with Crippen molar-refractivity contribution in [2.75, 3.05) is 0 Å². The highest BCUT2D eigenvalue weighted by atomic mass is 32.3. The van der Waals surface area contributed by atoms with Gasteiger partial charge >= 0.3 is 10.4 Å². The minimum absolute atomic E-state index is 1.28. The van der Waals surface area contributed by atoms with E-state index >= 15 is 0 Å². The van der Waals surface area contributed by atoms with Crippen LogP contribution in [0.25, 0.3) is 0 Å². The number of nitrogens with two attached hydrogens (primary N) is 2. The lowest BCUT2D eigenvalue weighted by molar-refractivity contribution is 0.381. The van der Waals surface area contributed by atoms with Crippen LogP contribution >= 0.6 is 0 Å². The van der Waals surface area contributed by atoms with Crippen LogP contribution < -0.4 is 11.5 Å². The standard InChI is InChI=1S/C2H6N2.H2O4S/c3-1-2-4;1-5(2,3)4/h1-2H,3-4H2;(H2,1,2,3,4)/b2-1+;. The van der Waals surface area contributed by atoms with E-state index in [4.69, 9.17) is 29.0 Å². The zero-order valence-corrected chi connectivity index (χ0v) is 5.25. The molecule has 0 unspecified atom stereocenters. The predicted octanol–water partition coefficient (Wildman–Crippen LogP) is -1.28. The van der Waals surface area contributed by atoms with Crippen molar-refractivity contribution in [3.05, 3.63) is 12.4 Å². The van der Waals surface area contributed by atoms with Gasteiger partial charge in [0.1, 0.15) is 0 Å². The van der Waals surface area contributed by atoms with Crippen molar-refractivity contribution in [1.29, 1.82) is 0 Å². The molecule has 6 N–H and O–H groups in total. The Labute approximate surface area is 52.7 Å². The summed E-state index contributed by atoms with van der Waals surface area (Å²) in [4.78, 5) is 0. The largest absolute Gasteiger partial charge is 0.403 e. The van der Waals surface area contributed by atoms with Crippen molar-refractivity contribution >= 4 is 10.4 Å². The van der Waals surface area contributed by atoms with Gasteiger partial charge in [0.15, 0.2) is 0 Å². The summed E-state index contributed by atoms with van der Waals surface area (Å²) < 4.78 is 31.6. The van der Waals surface area contributed by atoms with Gasteiger partial charge in [-0.1, -0.05) is 0 Å². The van der Waals surface area contributed by atoms with Crippen LogP contribution in [-0.2, 0) is 10.4 Å². The lowest BCUT2D eigenvalue weighted by Crippen LogP contribution is -1.89. The van der Waals surface area contributed by atoms with Crippen LogP contribution in [0.15, 0.2) is 12.4 Å². The van der Waals surface area contributed by atoms with Gasteiger partial charge in [0, 0.05) is 12.4 Å². The van der Waals surface area contributed by atoms with Crippen LogP contribution in [0, 0.1) is 0 Å². The first-order valence-corrected chi connectivity index (χ1v) is 3.10. The summed E-state index contributed by atoms with van der Waals surface area (Å²) in [6.45, 7) is 0. The van der Waals surface area contributed by atoms with Gasteiger partial charge in [0.25, 0.3) is 0 Å². The molecule has 0 bridgehead atoms. The third-order valence-electron chi connectivity index (χ3n) is 0.111. The molecule has 0 saturated heterocycles. The van der Waals surface area contributed by atoms with E-state index in [0.717, 1.165) is 0 Å². The van der Waals surface area contributed by atoms with Gasteiger partial charge in [-0.3, -0.25) is 9.11 Å². The first-order valence-electron chi connectivity index (χ1n) is 1.70. The minimum Gasteiger partial charge on any atom is -0.403 e. The molecule has 0 spiro atoms. The zero-order valence-electron chi connectivity index (χ0n) is 4.43. The summed E-state index contributed by atoms with van der Waals surface area (Å²) in [5.74, 6) is 0. The van der Waals surface area contributed by atoms with Crippen molar-refractivity contribution in [2.45, 2.75) is 0 Å². The Bertz CT molecular complexity index is 147. The third kappa shape index (κ3) is 4440. The summed E-state index contributed by atoms with van der Waals surface area (Å²) in [5, 5.41) is 0. The summed E-state index contributed by atoms with van der Waals surface area (Å²) in [5.41, 5.74) is 9.44. The van der Waals surface area contributed by atoms with Gasteiger partial charge < -0.3 is 11.5 Å². The monoisotopic (exact) mass is 156 g/mol. The van der Waals surface area contributed by atoms with E-state index < -0.39 is 10.4 Å². The van der Waals surface area contributed by atoms with Crippen LogP contribution in [0.3, 0.4) is 0 Å². The van der Waals surface area contributed by atoms with E-state index in [1.54, 1.807) is 0 Å². The fourth-order valence-electron chi connectivity index (χ4n) is 0. The molecule has 0 heterocycles. The maximum absolute atomic E-state index is 8.74. The minimum atomic E-state index is -4.67. The fraction of sp³-hybridized carbons (Fsp3) is 0. The van der Waals surface area contributed by atoms with E-state index in [2.05, 4.69) is 0 Å². The van der Waals surface area contributed by atoms with Crippen LogP contribution in [0.2, 0.25) is 0 Å². The SMILES string of the molecule is N/C=C/N.O=S(=O)(O)O. The van der Waals surface area contributed by atoms with Crippen molar-refractivity contribution < 1.29 is 17.5 Å². The molecular weight excluding hydrogens is 148 g/mol. The zero-order chi connectivity index (χ0) is 7.91. The van der Waals surface area contributed by atoms with E-state index in [-0.39, 0.29) is 0 Å². The van der Waals surface area contributed by atoms with Crippen molar-refractivity contribution in [3.63, 3.8) is 0 Å². The van der Waals surface area contributed by atoms with Gasteiger partial charge in [-0.15, -0.1) is 0 Å². The van der Waals surface area contributed by atoms with Crippen molar-refractivity contribution in [2.24, 2.45) is 11.5 Å². The second-order valence-corrected chi connectivity index (χ2v) is 1.73. The number of rotatable bonds is 0. The molecule has 9 heavy (non-hydrogen) atoms. The Morgan fingerprint density at radius 3 is 1.22 bits per heavy atom. The van der Waals surface area contributed by atoms with Gasteiger partial charge in [-0.25, -0.2) is 0 Å². The number of hydrogen-bond donors (Lipinski definition) is 4. The van der Waals surface area contributed by atoms with E-state index in [1.807, 2.05) is 0 Å². The van der Waals surface area contributed by atoms with Crippen LogP contribution in [-0.4, -0.2) is 17.5 Å². The highest BCUT2D eigenvalue weighted by Gasteiger charge is 1.84. The highest BCUT2D eigenvalue weighted by Crippen LogP contribution is 1.59. The Morgan fingerprint density at radius 1 is 1.11 bits per heavy atom. The normalized spacial score (nSPS) is 10.4. The molecule has 0 atom stereocenters. The first-order chi connectivity index (χ1) is 3.91. The second-order valence-electron chi connectivity index (χ2n) is 0.833. The Kier molecular flexibility index (Phi) is 6.58. The second kappa shape index (κ2) is 5.35. The number of hydrogen-bond acceptors (Lipinski definition) is 4. The Morgan fingerprint density at radius 2 is 1.22 bits per heavy atom. The third-order valence-corrected chi connectivity index (χ3v) is 0.111. The fourth-order valence-corrected chi connectivity index (χ4v) is 0. The quantitative estimate of drug-likeness (QED) is 0.323. The smallest absolute Gasteiger partial charge is 0.394 e. The average molecular weight is 156 g/mol. The molecule has 0 aromatic carbocycles. The Balaban J connectivity index is 0. The van der Waals surface area contributed by atoms with Crippen LogP contribution in [0.5, 0.6) is 0 Å². The lowest BCUT2D eigenvalue weighted by Gasteiger charge is -1.68. The Hall–Kier alpha value is -0.790. The van der Waals surface area contributed by atoms with Gasteiger partial charge in [-0.2, -0.15) is 8.42 Å². The summed E-state index contributed by atoms with van der Waals surface area (Å²) in [6.07, 6.45) is 2.56. The maximum atomic E-state index is 8.74. The summed E-state index contributed by atoms with van der Waals surface area (Å²) in [6, 6.07) is 0.